The molecule has 2 aromatic rings. The summed E-state index contributed by atoms with van der Waals surface area (Å²) in [6.07, 6.45) is 7.50. The highest BCUT2D eigenvalue weighted by atomic mass is 16.5. The van der Waals surface area contributed by atoms with Crippen LogP contribution in [0.25, 0.3) is 11.3 Å². The van der Waals surface area contributed by atoms with Crippen LogP contribution in [0, 0.1) is 0 Å². The van der Waals surface area contributed by atoms with Crippen molar-refractivity contribution in [3.05, 3.63) is 30.2 Å². The van der Waals surface area contributed by atoms with Gasteiger partial charge in [0.15, 0.2) is 11.6 Å². The molecule has 0 aromatic carbocycles. The molecule has 154 valence electrons. The second-order valence-electron chi connectivity index (χ2n) is 8.26. The highest BCUT2D eigenvalue weighted by molar-refractivity contribution is 5.99. The van der Waals surface area contributed by atoms with Gasteiger partial charge in [-0.1, -0.05) is 0 Å². The van der Waals surface area contributed by atoms with E-state index in [0.717, 1.165) is 31.2 Å². The molecule has 0 bridgehead atoms. The second-order valence-corrected chi connectivity index (χ2v) is 8.26. The molecule has 1 aliphatic carbocycles. The van der Waals surface area contributed by atoms with Gasteiger partial charge in [0.2, 0.25) is 5.91 Å². The Labute approximate surface area is 170 Å². The zero-order valence-electron chi connectivity index (χ0n) is 17.1. The van der Waals surface area contributed by atoms with Crippen molar-refractivity contribution >= 4 is 17.5 Å². The van der Waals surface area contributed by atoms with Gasteiger partial charge < -0.3 is 20.1 Å². The molecule has 0 saturated heterocycles. The van der Waals surface area contributed by atoms with Crippen molar-refractivity contribution in [2.24, 2.45) is 0 Å². The number of aromatic nitrogens is 3. The molecule has 1 aliphatic heterocycles. The predicted molar refractivity (Wildman–Crippen MR) is 110 cm³/mol. The Kier molecular flexibility index (Phi) is 5.23. The van der Waals surface area contributed by atoms with E-state index in [1.54, 1.807) is 39.4 Å². The van der Waals surface area contributed by atoms with E-state index in [4.69, 9.17) is 9.72 Å². The Morgan fingerprint density at radius 1 is 1.17 bits per heavy atom. The minimum Gasteiger partial charge on any atom is -0.384 e. The van der Waals surface area contributed by atoms with Crippen LogP contribution < -0.4 is 10.2 Å². The average Bonchev–Trinajstić information content (AvgIpc) is 2.72. The number of nitrogens with one attached hydrogen (secondary N) is 1. The molecule has 0 spiro atoms. The van der Waals surface area contributed by atoms with Crippen LogP contribution in [0.1, 0.15) is 45.2 Å². The summed E-state index contributed by atoms with van der Waals surface area (Å²) in [6, 6.07) is 3.92. The average molecular weight is 397 g/mol. The first-order chi connectivity index (χ1) is 13.8. The van der Waals surface area contributed by atoms with Crippen molar-refractivity contribution in [2.75, 3.05) is 23.9 Å². The second kappa shape index (κ2) is 7.68. The molecular weight excluding hydrogens is 370 g/mol. The van der Waals surface area contributed by atoms with Crippen LogP contribution in [0.3, 0.4) is 0 Å². The number of hydrogen-bond donors (Lipinski definition) is 2. The summed E-state index contributed by atoms with van der Waals surface area (Å²) in [5.41, 5.74) is 1.09. The lowest BCUT2D eigenvalue weighted by atomic mass is 9.91. The number of nitrogens with zero attached hydrogens (tertiary/aromatic N) is 4. The molecule has 8 nitrogen and oxygen atoms in total. The molecule has 1 saturated carbocycles. The third kappa shape index (κ3) is 4.09. The van der Waals surface area contributed by atoms with Gasteiger partial charge in [-0.15, -0.1) is 0 Å². The third-order valence-corrected chi connectivity index (χ3v) is 5.70. The van der Waals surface area contributed by atoms with Gasteiger partial charge in [-0.25, -0.2) is 9.97 Å². The normalized spacial score (nSPS) is 22.2. The number of carbonyl (C=O) groups excluding carboxylic acids is 1. The third-order valence-electron chi connectivity index (χ3n) is 5.70. The lowest BCUT2D eigenvalue weighted by molar-refractivity contribution is -0.115. The molecular formula is C21H27N5O3. The minimum absolute atomic E-state index is 0.0652. The van der Waals surface area contributed by atoms with E-state index in [9.17, 15) is 9.90 Å². The zero-order valence-corrected chi connectivity index (χ0v) is 17.1. The molecule has 3 heterocycles. The van der Waals surface area contributed by atoms with Crippen molar-refractivity contribution in [2.45, 2.75) is 57.3 Å². The smallest absolute Gasteiger partial charge is 0.245 e. The van der Waals surface area contributed by atoms with Crippen LogP contribution >= 0.6 is 0 Å². The fourth-order valence-electron chi connectivity index (χ4n) is 4.01. The lowest BCUT2D eigenvalue weighted by Crippen LogP contribution is -2.47. The number of amides is 1. The predicted octanol–water partition coefficient (Wildman–Crippen LogP) is 2.48. The maximum absolute atomic E-state index is 12.2. The summed E-state index contributed by atoms with van der Waals surface area (Å²) in [5, 5.41) is 12.9. The van der Waals surface area contributed by atoms with E-state index in [1.807, 2.05) is 6.07 Å². The van der Waals surface area contributed by atoms with Gasteiger partial charge in [0.1, 0.15) is 5.60 Å². The summed E-state index contributed by atoms with van der Waals surface area (Å²) < 4.78 is 5.48. The van der Waals surface area contributed by atoms with E-state index < -0.39 is 5.60 Å². The van der Waals surface area contributed by atoms with Crippen molar-refractivity contribution in [3.63, 3.8) is 0 Å². The molecule has 2 aromatic heterocycles. The number of aliphatic hydroxyl groups is 1. The maximum atomic E-state index is 12.2. The molecule has 2 aliphatic rings. The summed E-state index contributed by atoms with van der Waals surface area (Å²) >= 11 is 0. The van der Waals surface area contributed by atoms with Crippen LogP contribution in [0.2, 0.25) is 0 Å². The quantitative estimate of drug-likeness (QED) is 0.817. The highest BCUT2D eigenvalue weighted by Crippen LogP contribution is 2.34. The Balaban J connectivity index is 1.63. The number of anilines is 2. The molecule has 8 heteroatoms. The van der Waals surface area contributed by atoms with E-state index in [2.05, 4.69) is 20.2 Å². The van der Waals surface area contributed by atoms with Crippen molar-refractivity contribution in [3.8, 4) is 11.3 Å². The Hall–Kier alpha value is -2.58. The van der Waals surface area contributed by atoms with Gasteiger partial charge in [0.05, 0.1) is 30.2 Å². The van der Waals surface area contributed by atoms with Crippen molar-refractivity contribution < 1.29 is 14.6 Å². The van der Waals surface area contributed by atoms with Gasteiger partial charge in [-0.3, -0.25) is 9.78 Å². The molecule has 4 rings (SSSR count). The van der Waals surface area contributed by atoms with Crippen LogP contribution in [0.5, 0.6) is 0 Å². The number of methoxy groups -OCH3 is 1. The van der Waals surface area contributed by atoms with Crippen LogP contribution in [-0.2, 0) is 15.1 Å². The molecule has 0 atom stereocenters. The van der Waals surface area contributed by atoms with Crippen LogP contribution in [-0.4, -0.2) is 51.8 Å². The number of rotatable bonds is 4. The van der Waals surface area contributed by atoms with E-state index in [-0.39, 0.29) is 18.5 Å². The standard InChI is InChI=1S/C21H27N5O3/c1-21(2,28)17-9-4-13(10-22-17)16-11-23-19-20(24-16)26(12-18(27)25-19)14-5-7-15(29-3)8-6-14/h4,9-11,14-15,28H,5-8,12H2,1-3H3,(H,23,25,27)/t14-,15+. The van der Waals surface area contributed by atoms with E-state index in [1.165, 1.54) is 0 Å². The Morgan fingerprint density at radius 3 is 2.55 bits per heavy atom. The van der Waals surface area contributed by atoms with E-state index in [0.29, 0.717) is 29.1 Å². The highest BCUT2D eigenvalue weighted by Gasteiger charge is 2.33. The number of fused-ring (bicyclic) bond motifs is 1. The topological polar surface area (TPSA) is 100 Å². The van der Waals surface area contributed by atoms with Crippen molar-refractivity contribution in [1.82, 2.24) is 15.0 Å². The molecule has 1 amide bonds. The Morgan fingerprint density at radius 2 is 1.93 bits per heavy atom. The monoisotopic (exact) mass is 397 g/mol. The first-order valence-electron chi connectivity index (χ1n) is 10.0. The zero-order chi connectivity index (χ0) is 20.6. The first-order valence-corrected chi connectivity index (χ1v) is 10.0. The van der Waals surface area contributed by atoms with Gasteiger partial charge >= 0.3 is 0 Å². The fraction of sp³-hybridized carbons (Fsp3) is 0.524. The van der Waals surface area contributed by atoms with Crippen molar-refractivity contribution in [1.29, 1.82) is 0 Å². The maximum Gasteiger partial charge on any atom is 0.245 e. The van der Waals surface area contributed by atoms with Crippen LogP contribution in [0.15, 0.2) is 24.5 Å². The number of ether oxygens (including phenoxy) is 1. The molecule has 1 fully saturated rings. The Bertz CT molecular complexity index is 886. The summed E-state index contributed by atoms with van der Waals surface area (Å²) in [4.78, 5) is 27.9. The molecule has 29 heavy (non-hydrogen) atoms. The molecule has 0 radical (unpaired) electrons. The molecule has 2 N–H and O–H groups in total. The SMILES string of the molecule is CO[C@H]1CC[C@@H](N2CC(=O)Nc3ncc(-c4ccc(C(C)(C)O)nc4)nc32)CC1. The van der Waals surface area contributed by atoms with Gasteiger partial charge in [-0.05, 0) is 51.7 Å². The summed E-state index contributed by atoms with van der Waals surface area (Å²) in [6.45, 7) is 3.68. The van der Waals surface area contributed by atoms with Gasteiger partial charge in [0, 0.05) is 24.9 Å². The number of carbonyl (C=O) groups is 1. The van der Waals surface area contributed by atoms with Gasteiger partial charge in [0.25, 0.3) is 0 Å². The van der Waals surface area contributed by atoms with E-state index >= 15 is 0 Å². The minimum atomic E-state index is -0.998. The molecule has 0 unspecified atom stereocenters. The summed E-state index contributed by atoms with van der Waals surface area (Å²) in [5.74, 6) is 1.14. The summed E-state index contributed by atoms with van der Waals surface area (Å²) in [7, 11) is 1.75. The first kappa shape index (κ1) is 19.7. The lowest BCUT2D eigenvalue weighted by Gasteiger charge is -2.39. The number of hydrogen-bond acceptors (Lipinski definition) is 7. The fourth-order valence-corrected chi connectivity index (χ4v) is 4.01. The largest absolute Gasteiger partial charge is 0.384 e. The van der Waals surface area contributed by atoms with Crippen LogP contribution in [0.4, 0.5) is 11.6 Å². The van der Waals surface area contributed by atoms with Gasteiger partial charge in [-0.2, -0.15) is 0 Å². The number of pyridine rings is 1.